The average molecular weight is 274 g/mol. The van der Waals surface area contributed by atoms with E-state index in [9.17, 15) is 4.79 Å². The van der Waals surface area contributed by atoms with Crippen LogP contribution in [0.3, 0.4) is 0 Å². The number of carbonyl (C=O) groups excluding carboxylic acids is 1. The number of nitrogens with zero attached hydrogens (tertiary/aromatic N) is 2. The van der Waals surface area contributed by atoms with E-state index >= 15 is 0 Å². The molecule has 4 heteroatoms. The first-order valence-electron chi connectivity index (χ1n) is 7.49. The highest BCUT2D eigenvalue weighted by Crippen LogP contribution is 2.22. The number of amides is 1. The number of morpholine rings is 1. The highest BCUT2D eigenvalue weighted by molar-refractivity contribution is 5.82. The lowest BCUT2D eigenvalue weighted by molar-refractivity contribution is -0.140. The topological polar surface area (TPSA) is 32.8 Å². The summed E-state index contributed by atoms with van der Waals surface area (Å²) in [5, 5.41) is 0. The van der Waals surface area contributed by atoms with Gasteiger partial charge in [0.15, 0.2) is 0 Å². The number of carbonyl (C=O) groups is 1. The first-order valence-corrected chi connectivity index (χ1v) is 7.49. The van der Waals surface area contributed by atoms with Gasteiger partial charge in [-0.1, -0.05) is 30.3 Å². The summed E-state index contributed by atoms with van der Waals surface area (Å²) in [6.45, 7) is 4.74. The summed E-state index contributed by atoms with van der Waals surface area (Å²) in [7, 11) is 0. The van der Waals surface area contributed by atoms with E-state index in [1.807, 2.05) is 11.0 Å². The Morgan fingerprint density at radius 2 is 1.90 bits per heavy atom. The average Bonchev–Trinajstić information content (AvgIpc) is 2.96. The predicted octanol–water partition coefficient (Wildman–Crippen LogP) is 1.51. The molecule has 2 fully saturated rings. The van der Waals surface area contributed by atoms with Gasteiger partial charge in [-0.2, -0.15) is 0 Å². The molecule has 0 radical (unpaired) electrons. The van der Waals surface area contributed by atoms with Gasteiger partial charge in [-0.05, 0) is 24.9 Å². The molecule has 0 aromatic heterocycles. The summed E-state index contributed by atoms with van der Waals surface area (Å²) in [4.78, 5) is 16.9. The maximum absolute atomic E-state index is 12.6. The lowest BCUT2D eigenvalue weighted by Gasteiger charge is -2.32. The van der Waals surface area contributed by atoms with Crippen LogP contribution < -0.4 is 0 Å². The molecule has 0 spiro atoms. The van der Waals surface area contributed by atoms with Crippen LogP contribution in [0.5, 0.6) is 0 Å². The van der Waals surface area contributed by atoms with Crippen molar-refractivity contribution in [3.63, 3.8) is 0 Å². The van der Waals surface area contributed by atoms with Crippen molar-refractivity contribution in [1.82, 2.24) is 9.80 Å². The van der Waals surface area contributed by atoms with E-state index in [0.29, 0.717) is 19.1 Å². The van der Waals surface area contributed by atoms with Gasteiger partial charge in [-0.15, -0.1) is 0 Å². The van der Waals surface area contributed by atoms with Crippen LogP contribution in [0.4, 0.5) is 0 Å². The number of hydrogen-bond donors (Lipinski definition) is 0. The smallest absolute Gasteiger partial charge is 0.240 e. The summed E-state index contributed by atoms with van der Waals surface area (Å²) in [5.74, 6) is 0.293. The fraction of sp³-hybridized carbons (Fsp3) is 0.562. The summed E-state index contributed by atoms with van der Waals surface area (Å²) in [6.07, 6.45) is 2.11. The van der Waals surface area contributed by atoms with Crippen LogP contribution in [0.2, 0.25) is 0 Å². The van der Waals surface area contributed by atoms with Crippen LogP contribution >= 0.6 is 0 Å². The molecule has 20 heavy (non-hydrogen) atoms. The summed E-state index contributed by atoms with van der Waals surface area (Å²) >= 11 is 0. The highest BCUT2D eigenvalue weighted by atomic mass is 16.5. The van der Waals surface area contributed by atoms with Crippen molar-refractivity contribution in [2.24, 2.45) is 0 Å². The molecular formula is C16H22N2O2. The fourth-order valence-electron chi connectivity index (χ4n) is 3.11. The number of ether oxygens (including phenoxy) is 1. The predicted molar refractivity (Wildman–Crippen MR) is 77.3 cm³/mol. The second kappa shape index (κ2) is 6.37. The van der Waals surface area contributed by atoms with Gasteiger partial charge in [-0.25, -0.2) is 0 Å². The molecule has 1 aromatic carbocycles. The van der Waals surface area contributed by atoms with Gasteiger partial charge in [0.25, 0.3) is 0 Å². The zero-order chi connectivity index (χ0) is 13.8. The Labute approximate surface area is 120 Å². The standard InChI is InChI=1S/C16H22N2O2/c19-16(17-9-11-20-12-10-17)15-7-4-8-18(15)13-14-5-2-1-3-6-14/h1-3,5-6,15H,4,7-13H2. The van der Waals surface area contributed by atoms with Crippen LogP contribution in [0.15, 0.2) is 30.3 Å². The Kier molecular flexibility index (Phi) is 4.33. The maximum Gasteiger partial charge on any atom is 0.240 e. The molecule has 0 saturated carbocycles. The van der Waals surface area contributed by atoms with E-state index in [1.54, 1.807) is 0 Å². The van der Waals surface area contributed by atoms with E-state index in [1.165, 1.54) is 5.56 Å². The van der Waals surface area contributed by atoms with Crippen molar-refractivity contribution < 1.29 is 9.53 Å². The van der Waals surface area contributed by atoms with Gasteiger partial charge >= 0.3 is 0 Å². The fourth-order valence-corrected chi connectivity index (χ4v) is 3.11. The molecule has 4 nitrogen and oxygen atoms in total. The molecule has 2 aliphatic rings. The molecule has 2 aliphatic heterocycles. The largest absolute Gasteiger partial charge is 0.378 e. The van der Waals surface area contributed by atoms with Gasteiger partial charge in [-0.3, -0.25) is 9.69 Å². The van der Waals surface area contributed by atoms with Crippen LogP contribution in [0.25, 0.3) is 0 Å². The van der Waals surface area contributed by atoms with Crippen LogP contribution in [-0.4, -0.2) is 54.6 Å². The van der Waals surface area contributed by atoms with E-state index in [4.69, 9.17) is 4.74 Å². The SMILES string of the molecule is O=C(C1CCCN1Cc1ccccc1)N1CCOCC1. The third-order valence-electron chi connectivity index (χ3n) is 4.20. The van der Waals surface area contributed by atoms with Crippen LogP contribution in [-0.2, 0) is 16.1 Å². The summed E-state index contributed by atoms with van der Waals surface area (Å²) < 4.78 is 5.33. The Hall–Kier alpha value is -1.39. The first-order chi connectivity index (χ1) is 9.84. The molecule has 1 unspecified atom stereocenters. The molecule has 1 atom stereocenters. The molecule has 2 heterocycles. The van der Waals surface area contributed by atoms with Crippen molar-refractivity contribution in [3.8, 4) is 0 Å². The zero-order valence-electron chi connectivity index (χ0n) is 11.8. The van der Waals surface area contributed by atoms with Gasteiger partial charge < -0.3 is 9.64 Å². The molecular weight excluding hydrogens is 252 g/mol. The quantitative estimate of drug-likeness (QED) is 0.837. The van der Waals surface area contributed by atoms with Crippen LogP contribution in [0, 0.1) is 0 Å². The Balaban J connectivity index is 1.64. The third kappa shape index (κ3) is 3.02. The Morgan fingerprint density at radius 1 is 1.15 bits per heavy atom. The molecule has 2 saturated heterocycles. The molecule has 0 N–H and O–H groups in total. The van der Waals surface area contributed by atoms with E-state index in [2.05, 4.69) is 29.2 Å². The first kappa shape index (κ1) is 13.6. The minimum atomic E-state index is 0.0632. The molecule has 3 rings (SSSR count). The number of hydrogen-bond acceptors (Lipinski definition) is 3. The minimum absolute atomic E-state index is 0.0632. The molecule has 1 aromatic rings. The van der Waals surface area contributed by atoms with Crippen molar-refractivity contribution in [2.45, 2.75) is 25.4 Å². The minimum Gasteiger partial charge on any atom is -0.378 e. The van der Waals surface area contributed by atoms with Crippen molar-refractivity contribution in [3.05, 3.63) is 35.9 Å². The molecule has 1 amide bonds. The van der Waals surface area contributed by atoms with Crippen molar-refractivity contribution in [1.29, 1.82) is 0 Å². The second-order valence-corrected chi connectivity index (χ2v) is 5.55. The van der Waals surface area contributed by atoms with E-state index in [-0.39, 0.29) is 6.04 Å². The third-order valence-corrected chi connectivity index (χ3v) is 4.20. The van der Waals surface area contributed by atoms with Gasteiger partial charge in [0.05, 0.1) is 19.3 Å². The number of rotatable bonds is 3. The van der Waals surface area contributed by atoms with E-state index < -0.39 is 0 Å². The molecule has 108 valence electrons. The van der Waals surface area contributed by atoms with Gasteiger partial charge in [0, 0.05) is 19.6 Å². The monoisotopic (exact) mass is 274 g/mol. The molecule has 0 bridgehead atoms. The van der Waals surface area contributed by atoms with Crippen molar-refractivity contribution >= 4 is 5.91 Å². The Bertz CT molecular complexity index is 443. The van der Waals surface area contributed by atoms with Gasteiger partial charge in [0.1, 0.15) is 0 Å². The van der Waals surface area contributed by atoms with Crippen molar-refractivity contribution in [2.75, 3.05) is 32.8 Å². The number of likely N-dealkylation sites (tertiary alicyclic amines) is 1. The van der Waals surface area contributed by atoms with Gasteiger partial charge in [0.2, 0.25) is 5.91 Å². The molecule has 0 aliphatic carbocycles. The maximum atomic E-state index is 12.6. The van der Waals surface area contributed by atoms with Crippen LogP contribution in [0.1, 0.15) is 18.4 Å². The van der Waals surface area contributed by atoms with E-state index in [0.717, 1.165) is 39.0 Å². The normalized spacial score (nSPS) is 24.0. The lowest BCUT2D eigenvalue weighted by Crippen LogP contribution is -2.49. The second-order valence-electron chi connectivity index (χ2n) is 5.55. The summed E-state index contributed by atoms with van der Waals surface area (Å²) in [6, 6.07) is 10.5. The highest BCUT2D eigenvalue weighted by Gasteiger charge is 2.33. The number of benzene rings is 1. The zero-order valence-corrected chi connectivity index (χ0v) is 11.8. The summed E-state index contributed by atoms with van der Waals surface area (Å²) in [5.41, 5.74) is 1.29. The Morgan fingerprint density at radius 3 is 2.65 bits per heavy atom. The lowest BCUT2D eigenvalue weighted by atomic mass is 10.1.